The van der Waals surface area contributed by atoms with Crippen LogP contribution in [0.2, 0.25) is 19.1 Å². The fourth-order valence-corrected chi connectivity index (χ4v) is 3.21. The van der Waals surface area contributed by atoms with Crippen LogP contribution in [0.15, 0.2) is 23.5 Å². The average Bonchev–Trinajstić information content (AvgIpc) is 2.33. The van der Waals surface area contributed by atoms with Crippen LogP contribution in [-0.2, 0) is 4.74 Å². The summed E-state index contributed by atoms with van der Waals surface area (Å²) in [6, 6.07) is 0.709. The van der Waals surface area contributed by atoms with E-state index in [0.717, 1.165) is 12.2 Å². The van der Waals surface area contributed by atoms with Gasteiger partial charge in [-0.1, -0.05) is 44.8 Å². The number of ether oxygens (including phenoxy) is 1. The summed E-state index contributed by atoms with van der Waals surface area (Å²) in [5.41, 5.74) is 1.17. The van der Waals surface area contributed by atoms with Gasteiger partial charge in [0.25, 0.3) is 0 Å². The Morgan fingerprint density at radius 2 is 1.70 bits per heavy atom. The average molecular weight is 299 g/mol. The van der Waals surface area contributed by atoms with Gasteiger partial charge in [0.05, 0.1) is 5.76 Å². The molecule has 0 aliphatic rings. The Hall–Kier alpha value is -0.543. The molecule has 1 N–H and O–H groups in total. The third-order valence-corrected chi connectivity index (χ3v) is 4.33. The summed E-state index contributed by atoms with van der Waals surface area (Å²) in [4.78, 5) is 9.99. The van der Waals surface area contributed by atoms with Crippen LogP contribution in [0.5, 0.6) is 0 Å². The molecular formula is C17H34O2Si. The highest BCUT2D eigenvalue weighted by atomic mass is 28.4. The van der Waals surface area contributed by atoms with E-state index in [4.69, 9.17) is 4.74 Å². The zero-order chi connectivity index (χ0) is 15.4. The van der Waals surface area contributed by atoms with Crippen molar-refractivity contribution in [3.05, 3.63) is 23.5 Å². The van der Waals surface area contributed by atoms with E-state index < -0.39 is 8.32 Å². The molecule has 0 rings (SSSR count). The first-order valence-electron chi connectivity index (χ1n) is 8.03. The lowest BCUT2D eigenvalue weighted by Gasteiger charge is -2.18. The molecule has 3 heteroatoms. The van der Waals surface area contributed by atoms with Gasteiger partial charge in [0.15, 0.2) is 8.32 Å². The highest BCUT2D eigenvalue weighted by Crippen LogP contribution is 2.18. The molecule has 0 amide bonds. The molecule has 0 unspecified atom stereocenters. The van der Waals surface area contributed by atoms with Gasteiger partial charge in [-0.2, -0.15) is 0 Å². The lowest BCUT2D eigenvalue weighted by molar-refractivity contribution is 0.242. The van der Waals surface area contributed by atoms with E-state index in [1.165, 1.54) is 37.7 Å². The minimum atomic E-state index is -2.08. The molecule has 0 aromatic heterocycles. The minimum absolute atomic E-state index is 0.625. The van der Waals surface area contributed by atoms with Gasteiger partial charge in [-0.05, 0) is 45.4 Å². The molecule has 0 radical (unpaired) electrons. The van der Waals surface area contributed by atoms with E-state index in [1.54, 1.807) is 0 Å². The first-order valence-corrected chi connectivity index (χ1v) is 11.2. The van der Waals surface area contributed by atoms with Crippen molar-refractivity contribution in [1.29, 1.82) is 0 Å². The van der Waals surface area contributed by atoms with Crippen molar-refractivity contribution in [3.63, 3.8) is 0 Å². The molecule has 0 bridgehead atoms. The maximum absolute atomic E-state index is 9.99. The van der Waals surface area contributed by atoms with Crippen molar-refractivity contribution in [3.8, 4) is 0 Å². The largest absolute Gasteiger partial charge is 0.494 e. The molecule has 0 aliphatic carbocycles. The predicted octanol–water partition coefficient (Wildman–Crippen LogP) is 5.41. The van der Waals surface area contributed by atoms with Crippen LogP contribution in [0, 0.1) is 0 Å². The van der Waals surface area contributed by atoms with Crippen molar-refractivity contribution in [2.24, 2.45) is 0 Å². The van der Waals surface area contributed by atoms with E-state index >= 15 is 0 Å². The first-order chi connectivity index (χ1) is 9.37. The fourth-order valence-electron chi connectivity index (χ4n) is 1.97. The smallest absolute Gasteiger partial charge is 0.189 e. The van der Waals surface area contributed by atoms with Crippen LogP contribution in [-0.4, -0.2) is 19.7 Å². The topological polar surface area (TPSA) is 29.5 Å². The lowest BCUT2D eigenvalue weighted by Crippen LogP contribution is -2.26. The van der Waals surface area contributed by atoms with Crippen molar-refractivity contribution >= 4 is 8.32 Å². The van der Waals surface area contributed by atoms with E-state index in [2.05, 4.69) is 19.1 Å². The second-order valence-corrected chi connectivity index (χ2v) is 10.4. The standard InChI is InChI=1S/C17H34O2Si/c1-6-7-8-9-10-11-12-13-14-19-17(16(2)3)15-20(4,5)18/h12-13,18H,6-11,14-15H2,1-5H3. The quantitative estimate of drug-likeness (QED) is 0.239. The van der Waals surface area contributed by atoms with Crippen LogP contribution in [0.25, 0.3) is 0 Å². The van der Waals surface area contributed by atoms with Gasteiger partial charge in [0, 0.05) is 6.04 Å². The van der Waals surface area contributed by atoms with E-state index in [1.807, 2.05) is 26.9 Å². The van der Waals surface area contributed by atoms with E-state index in [9.17, 15) is 4.80 Å². The minimum Gasteiger partial charge on any atom is -0.494 e. The van der Waals surface area contributed by atoms with Gasteiger partial charge in [-0.3, -0.25) is 0 Å². The van der Waals surface area contributed by atoms with Crippen molar-refractivity contribution < 1.29 is 9.53 Å². The molecule has 0 aromatic rings. The second kappa shape index (κ2) is 11.2. The highest BCUT2D eigenvalue weighted by molar-refractivity contribution is 6.70. The molecule has 0 aromatic carbocycles. The number of allylic oxidation sites excluding steroid dienone is 3. The Morgan fingerprint density at radius 3 is 2.25 bits per heavy atom. The Morgan fingerprint density at radius 1 is 1.05 bits per heavy atom. The normalized spacial score (nSPS) is 11.9. The van der Waals surface area contributed by atoms with Crippen molar-refractivity contribution in [2.75, 3.05) is 6.61 Å². The molecule has 20 heavy (non-hydrogen) atoms. The van der Waals surface area contributed by atoms with Crippen LogP contribution in [0.4, 0.5) is 0 Å². The second-order valence-electron chi connectivity index (χ2n) is 6.40. The molecule has 0 fully saturated rings. The molecule has 118 valence electrons. The highest BCUT2D eigenvalue weighted by Gasteiger charge is 2.20. The number of hydrogen-bond donors (Lipinski definition) is 1. The van der Waals surface area contributed by atoms with Gasteiger partial charge in [0.2, 0.25) is 0 Å². The maximum atomic E-state index is 9.99. The molecule has 2 nitrogen and oxygen atoms in total. The van der Waals surface area contributed by atoms with Gasteiger partial charge in [-0.15, -0.1) is 0 Å². The van der Waals surface area contributed by atoms with Crippen LogP contribution in [0.3, 0.4) is 0 Å². The molecule has 0 saturated heterocycles. The maximum Gasteiger partial charge on any atom is 0.189 e. The Bertz CT molecular complexity index is 297. The number of unbranched alkanes of at least 4 members (excludes halogenated alkanes) is 5. The first kappa shape index (κ1) is 19.5. The predicted molar refractivity (Wildman–Crippen MR) is 91.3 cm³/mol. The van der Waals surface area contributed by atoms with Gasteiger partial charge in [-0.25, -0.2) is 0 Å². The summed E-state index contributed by atoms with van der Waals surface area (Å²) in [6.45, 7) is 10.9. The Kier molecular flexibility index (Phi) is 10.9. The molecule has 0 saturated carbocycles. The summed E-state index contributed by atoms with van der Waals surface area (Å²) in [5.74, 6) is 0.969. The SMILES string of the molecule is CCCCCCCC=CCOC(C[Si](C)(C)O)=C(C)C. The number of hydrogen-bond acceptors (Lipinski definition) is 2. The van der Waals surface area contributed by atoms with Crippen LogP contribution < -0.4 is 0 Å². The third kappa shape index (κ3) is 12.5. The monoisotopic (exact) mass is 298 g/mol. The van der Waals surface area contributed by atoms with E-state index in [-0.39, 0.29) is 0 Å². The van der Waals surface area contributed by atoms with Gasteiger partial charge in [0.1, 0.15) is 6.61 Å². The summed E-state index contributed by atoms with van der Waals surface area (Å²) >= 11 is 0. The van der Waals surface area contributed by atoms with Crippen LogP contribution in [0.1, 0.15) is 59.3 Å². The molecule has 0 aliphatic heterocycles. The van der Waals surface area contributed by atoms with Crippen LogP contribution >= 0.6 is 0 Å². The van der Waals surface area contributed by atoms with Crippen molar-refractivity contribution in [1.82, 2.24) is 0 Å². The number of rotatable bonds is 11. The molecule has 0 spiro atoms. The summed E-state index contributed by atoms with van der Waals surface area (Å²) in [5, 5.41) is 0. The lowest BCUT2D eigenvalue weighted by atomic mass is 10.1. The molecular weight excluding hydrogens is 264 g/mol. The Labute approximate surface area is 127 Å². The third-order valence-electron chi connectivity index (χ3n) is 3.15. The summed E-state index contributed by atoms with van der Waals surface area (Å²) < 4.78 is 5.79. The van der Waals surface area contributed by atoms with E-state index in [0.29, 0.717) is 12.7 Å². The zero-order valence-electron chi connectivity index (χ0n) is 14.2. The summed E-state index contributed by atoms with van der Waals surface area (Å²) in [7, 11) is -2.08. The van der Waals surface area contributed by atoms with Gasteiger partial charge < -0.3 is 9.53 Å². The van der Waals surface area contributed by atoms with Crippen molar-refractivity contribution in [2.45, 2.75) is 78.4 Å². The summed E-state index contributed by atoms with van der Waals surface area (Å²) in [6.07, 6.45) is 12.1. The van der Waals surface area contributed by atoms with Gasteiger partial charge >= 0.3 is 0 Å². The zero-order valence-corrected chi connectivity index (χ0v) is 15.2. The molecule has 0 heterocycles. The Balaban J connectivity index is 3.82. The fraction of sp³-hybridized carbons (Fsp3) is 0.765. The molecule has 0 atom stereocenters.